The number of hydrogen-bond donors (Lipinski definition) is 0. The molecule has 0 saturated carbocycles. The van der Waals surface area contributed by atoms with Crippen molar-refractivity contribution in [3.63, 3.8) is 0 Å². The van der Waals surface area contributed by atoms with Gasteiger partial charge in [-0.05, 0) is 30.7 Å². The molecular formula is C14H11N3S. The summed E-state index contributed by atoms with van der Waals surface area (Å²) >= 11 is 1.65. The predicted molar refractivity (Wildman–Crippen MR) is 72.7 cm³/mol. The van der Waals surface area contributed by atoms with E-state index in [0.29, 0.717) is 5.57 Å². The number of para-hydroxylation sites is 1. The van der Waals surface area contributed by atoms with E-state index in [4.69, 9.17) is 10.5 Å². The van der Waals surface area contributed by atoms with Crippen LogP contribution in [0.15, 0.2) is 51.4 Å². The molecule has 0 unspecified atom stereocenters. The molecule has 0 atom stereocenters. The van der Waals surface area contributed by atoms with Crippen molar-refractivity contribution in [3.05, 3.63) is 46.5 Å². The van der Waals surface area contributed by atoms with Crippen molar-refractivity contribution in [2.24, 2.45) is 0 Å². The maximum absolute atomic E-state index is 8.83. The quantitative estimate of drug-likeness (QED) is 0.719. The topological polar surface area (TPSA) is 50.8 Å². The first kappa shape index (κ1) is 12.3. The Labute approximate surface area is 111 Å². The zero-order valence-electron chi connectivity index (χ0n) is 10.1. The van der Waals surface area contributed by atoms with Gasteiger partial charge in [0.1, 0.15) is 17.7 Å². The molecule has 1 aromatic carbocycles. The van der Waals surface area contributed by atoms with Gasteiger partial charge in [-0.1, -0.05) is 23.9 Å². The van der Waals surface area contributed by atoms with Gasteiger partial charge in [0.25, 0.3) is 0 Å². The smallest absolute Gasteiger partial charge is 0.132 e. The lowest BCUT2D eigenvalue weighted by atomic mass is 10.1. The monoisotopic (exact) mass is 253 g/mol. The lowest BCUT2D eigenvalue weighted by Crippen LogP contribution is -2.09. The van der Waals surface area contributed by atoms with Crippen LogP contribution in [0, 0.1) is 22.7 Å². The molecule has 3 nitrogen and oxygen atoms in total. The van der Waals surface area contributed by atoms with Crippen LogP contribution in [0.5, 0.6) is 0 Å². The fourth-order valence-corrected chi connectivity index (χ4v) is 2.86. The number of nitriles is 2. The largest absolute Gasteiger partial charge is 0.338 e. The summed E-state index contributed by atoms with van der Waals surface area (Å²) in [5.74, 6) is 0. The Bertz CT molecular complexity index is 613. The molecule has 18 heavy (non-hydrogen) atoms. The number of fused-ring (bicyclic) bond motifs is 1. The third-order valence-corrected chi connectivity index (χ3v) is 3.90. The van der Waals surface area contributed by atoms with Gasteiger partial charge in [-0.2, -0.15) is 10.5 Å². The molecule has 0 N–H and O–H groups in total. The van der Waals surface area contributed by atoms with E-state index in [1.165, 1.54) is 4.90 Å². The number of anilines is 1. The van der Waals surface area contributed by atoms with E-state index in [1.54, 1.807) is 18.7 Å². The Hall–Kier alpha value is -2.17. The first-order chi connectivity index (χ1) is 8.67. The fraction of sp³-hybridized carbons (Fsp3) is 0.143. The molecule has 1 aliphatic rings. The summed E-state index contributed by atoms with van der Waals surface area (Å²) in [7, 11) is 1.98. The second-order valence-electron chi connectivity index (χ2n) is 3.89. The van der Waals surface area contributed by atoms with E-state index in [1.807, 2.05) is 37.4 Å². The van der Waals surface area contributed by atoms with E-state index in [9.17, 15) is 0 Å². The van der Waals surface area contributed by atoms with Crippen molar-refractivity contribution >= 4 is 17.4 Å². The molecule has 88 valence electrons. The van der Waals surface area contributed by atoms with Crippen molar-refractivity contribution in [1.29, 1.82) is 10.5 Å². The van der Waals surface area contributed by atoms with Crippen molar-refractivity contribution in [2.75, 3.05) is 11.9 Å². The van der Waals surface area contributed by atoms with Gasteiger partial charge < -0.3 is 4.90 Å². The Morgan fingerprint density at radius 2 is 1.94 bits per heavy atom. The maximum atomic E-state index is 8.83. The van der Waals surface area contributed by atoms with Gasteiger partial charge in [0.05, 0.1) is 10.7 Å². The van der Waals surface area contributed by atoms with Crippen LogP contribution < -0.4 is 4.90 Å². The molecule has 0 aliphatic carbocycles. The van der Waals surface area contributed by atoms with Gasteiger partial charge in [0.15, 0.2) is 0 Å². The van der Waals surface area contributed by atoms with E-state index >= 15 is 0 Å². The van der Waals surface area contributed by atoms with Crippen molar-refractivity contribution < 1.29 is 0 Å². The van der Waals surface area contributed by atoms with Gasteiger partial charge in [-0.15, -0.1) is 0 Å². The lowest BCUT2D eigenvalue weighted by molar-refractivity contribution is 1.17. The molecule has 0 aromatic heterocycles. The number of nitrogens with zero attached hydrogens (tertiary/aromatic N) is 3. The van der Waals surface area contributed by atoms with Crippen molar-refractivity contribution in [2.45, 2.75) is 11.8 Å². The summed E-state index contributed by atoms with van der Waals surface area (Å²) in [4.78, 5) is 3.25. The average Bonchev–Trinajstić information content (AvgIpc) is 2.68. The van der Waals surface area contributed by atoms with Crippen LogP contribution in [0.1, 0.15) is 6.92 Å². The minimum absolute atomic E-state index is 0.160. The summed E-state index contributed by atoms with van der Waals surface area (Å²) < 4.78 is 0. The molecule has 0 bridgehead atoms. The van der Waals surface area contributed by atoms with Gasteiger partial charge in [-0.3, -0.25) is 0 Å². The first-order valence-corrected chi connectivity index (χ1v) is 6.22. The van der Waals surface area contributed by atoms with Crippen LogP contribution in [0.3, 0.4) is 0 Å². The van der Waals surface area contributed by atoms with E-state index in [2.05, 4.69) is 17.0 Å². The van der Waals surface area contributed by atoms with E-state index < -0.39 is 0 Å². The molecule has 1 heterocycles. The summed E-state index contributed by atoms with van der Waals surface area (Å²) in [5, 5.41) is 18.7. The average molecular weight is 253 g/mol. The lowest BCUT2D eigenvalue weighted by Gasteiger charge is -2.13. The third kappa shape index (κ3) is 2.11. The van der Waals surface area contributed by atoms with Gasteiger partial charge in [0.2, 0.25) is 0 Å². The molecule has 2 rings (SSSR count). The molecular weight excluding hydrogens is 242 g/mol. The van der Waals surface area contributed by atoms with Crippen molar-refractivity contribution in [1.82, 2.24) is 0 Å². The summed E-state index contributed by atoms with van der Waals surface area (Å²) in [6.45, 7) is 1.78. The number of rotatable bonds is 1. The third-order valence-electron chi connectivity index (χ3n) is 2.73. The fourth-order valence-electron chi connectivity index (χ4n) is 1.71. The number of thioether (sulfide) groups is 1. The Kier molecular flexibility index (Phi) is 3.41. The van der Waals surface area contributed by atoms with E-state index in [-0.39, 0.29) is 5.57 Å². The highest BCUT2D eigenvalue weighted by molar-refractivity contribution is 8.03. The Morgan fingerprint density at radius 1 is 1.28 bits per heavy atom. The normalized spacial score (nSPS) is 14.9. The molecule has 1 aliphatic heterocycles. The van der Waals surface area contributed by atoms with Crippen LogP contribution in [0.4, 0.5) is 5.69 Å². The summed E-state index contributed by atoms with van der Waals surface area (Å²) in [6.07, 6.45) is 1.88. The molecule has 4 heteroatoms. The molecule has 0 amide bonds. The summed E-state index contributed by atoms with van der Waals surface area (Å²) in [5.41, 5.74) is 2.01. The maximum Gasteiger partial charge on any atom is 0.132 e. The molecule has 1 aromatic rings. The number of hydrogen-bond acceptors (Lipinski definition) is 4. The van der Waals surface area contributed by atoms with Gasteiger partial charge in [0, 0.05) is 11.9 Å². The molecule has 0 spiro atoms. The predicted octanol–water partition coefficient (Wildman–Crippen LogP) is 3.43. The molecule has 0 saturated heterocycles. The van der Waals surface area contributed by atoms with Crippen LogP contribution in [0.25, 0.3) is 0 Å². The minimum atomic E-state index is 0.160. The highest BCUT2D eigenvalue weighted by Gasteiger charge is 2.21. The van der Waals surface area contributed by atoms with E-state index in [0.717, 1.165) is 10.7 Å². The number of benzene rings is 1. The zero-order chi connectivity index (χ0) is 13.1. The van der Waals surface area contributed by atoms with Crippen LogP contribution >= 0.6 is 11.8 Å². The first-order valence-electron chi connectivity index (χ1n) is 5.40. The Balaban J connectivity index is 2.39. The highest BCUT2D eigenvalue weighted by Crippen LogP contribution is 2.45. The minimum Gasteiger partial charge on any atom is -0.338 e. The zero-order valence-corrected chi connectivity index (χ0v) is 11.0. The molecule has 0 radical (unpaired) electrons. The van der Waals surface area contributed by atoms with Crippen LogP contribution in [-0.4, -0.2) is 7.05 Å². The van der Waals surface area contributed by atoms with Crippen molar-refractivity contribution in [3.8, 4) is 12.1 Å². The summed E-state index contributed by atoms with van der Waals surface area (Å²) in [6, 6.07) is 11.9. The van der Waals surface area contributed by atoms with Gasteiger partial charge in [-0.25, -0.2) is 0 Å². The SMILES string of the molecule is CC(/C=C1\Sc2ccccc2N1C)=C(C#N)C#N. The Morgan fingerprint density at radius 3 is 2.56 bits per heavy atom. The second-order valence-corrected chi connectivity index (χ2v) is 4.96. The molecule has 0 fully saturated rings. The van der Waals surface area contributed by atoms with Crippen LogP contribution in [-0.2, 0) is 0 Å². The highest BCUT2D eigenvalue weighted by atomic mass is 32.2. The van der Waals surface area contributed by atoms with Gasteiger partial charge >= 0.3 is 0 Å². The second kappa shape index (κ2) is 5.00. The number of allylic oxidation sites excluding steroid dienone is 3. The standard InChI is InChI=1S/C14H11N3S/c1-10(11(8-15)9-16)7-14-17(2)12-5-3-4-6-13(12)18-14/h3-7H,1-2H3/b14-7-. The van der Waals surface area contributed by atoms with Crippen LogP contribution in [0.2, 0.25) is 0 Å².